The number of anilines is 2. The number of benzene rings is 1. The predicted octanol–water partition coefficient (Wildman–Crippen LogP) is 1.90. The van der Waals surface area contributed by atoms with Gasteiger partial charge in [0, 0.05) is 36.8 Å². The number of phenols is 1. The molecule has 0 aromatic heterocycles. The highest BCUT2D eigenvalue weighted by Gasteiger charge is 2.64. The summed E-state index contributed by atoms with van der Waals surface area (Å²) in [5.41, 5.74) is 0.818. The number of hydrogen-bond acceptors (Lipinski definition) is 14. The first-order valence-corrected chi connectivity index (χ1v) is 17.7. The van der Waals surface area contributed by atoms with Crippen LogP contribution in [-0.2, 0) is 39.9 Å². The fourth-order valence-corrected chi connectivity index (χ4v) is 8.19. The first-order chi connectivity index (χ1) is 25.1. The number of aliphatic hydroxyl groups is 3. The van der Waals surface area contributed by atoms with Gasteiger partial charge in [-0.05, 0) is 78.1 Å². The van der Waals surface area contributed by atoms with Crippen LogP contribution in [0, 0.1) is 17.8 Å². The fourth-order valence-electron chi connectivity index (χ4n) is 8.19. The second kappa shape index (κ2) is 14.6. The summed E-state index contributed by atoms with van der Waals surface area (Å²) >= 11 is 0. The average Bonchev–Trinajstić information content (AvgIpc) is 3.61. The Balaban J connectivity index is 1.47. The van der Waals surface area contributed by atoms with Gasteiger partial charge < -0.3 is 45.9 Å². The predicted molar refractivity (Wildman–Crippen MR) is 193 cm³/mol. The number of primary amides is 1. The summed E-state index contributed by atoms with van der Waals surface area (Å²) in [5.74, 6) is -9.41. The first-order valence-electron chi connectivity index (χ1n) is 17.7. The molecule has 1 aromatic rings. The Hall–Kier alpha value is -5.16. The number of aromatic hydroxyl groups is 1. The number of likely N-dealkylation sites (N-methyl/N-ethyl adjacent to an activating group) is 1. The van der Waals surface area contributed by atoms with E-state index in [9.17, 15) is 49.2 Å². The maximum Gasteiger partial charge on any atom is 0.413 e. The fraction of sp³-hybridized carbons (Fsp3) is 0.568. The van der Waals surface area contributed by atoms with Gasteiger partial charge in [0.25, 0.3) is 5.91 Å². The lowest BCUT2D eigenvalue weighted by Crippen LogP contribution is -2.65. The van der Waals surface area contributed by atoms with E-state index in [4.69, 9.17) is 15.2 Å². The van der Waals surface area contributed by atoms with Crippen LogP contribution >= 0.6 is 0 Å². The van der Waals surface area contributed by atoms with E-state index in [1.54, 1.807) is 39.8 Å². The molecule has 4 aliphatic carbocycles. The topological polar surface area (TPSA) is 250 Å². The number of carbonyl (C=O) groups is 6. The molecule has 4 aliphatic rings. The summed E-state index contributed by atoms with van der Waals surface area (Å²) in [6, 6.07) is 0.243. The lowest BCUT2D eigenvalue weighted by molar-refractivity contribution is -0.158. The normalized spacial score (nSPS) is 24.1. The molecule has 54 heavy (non-hydrogen) atoms. The highest BCUT2D eigenvalue weighted by Crippen LogP contribution is 2.54. The standard InChI is InChI=1S/C37H49N5O12/c1-36(2,3)42(35(51)54-16-53-34(50)17-10-8-9-11-17)15-23(43)39-21-14-22(40(4)5)19-12-18-13-20-27(41(6)7)30(46)26(33(38)49)32(48)37(20,52)31(47)24(18)29(45)25(19)28(21)44/h14,17-18,20,27,44-45,48,52H,8-13,15-16H2,1-7H3,(H2,38,49)(H,39,43)/t18-,20-,27-,37-/m0/s1. The van der Waals surface area contributed by atoms with Crippen molar-refractivity contribution in [3.63, 3.8) is 0 Å². The van der Waals surface area contributed by atoms with Crippen LogP contribution in [0.5, 0.6) is 5.75 Å². The molecule has 0 heterocycles. The number of phenolic OH excluding ortho intramolecular Hbond substituents is 1. The number of fused-ring (bicyclic) bond motifs is 3. The van der Waals surface area contributed by atoms with Crippen molar-refractivity contribution in [2.24, 2.45) is 23.5 Å². The molecule has 0 spiro atoms. The van der Waals surface area contributed by atoms with E-state index in [0.29, 0.717) is 24.1 Å². The van der Waals surface area contributed by atoms with Gasteiger partial charge in [0.15, 0.2) is 11.4 Å². The number of aliphatic hydroxyl groups excluding tert-OH is 2. The minimum Gasteiger partial charge on any atom is -0.508 e. The first kappa shape index (κ1) is 40.0. The molecule has 5 rings (SSSR count). The number of ketones is 2. The number of nitrogens with one attached hydrogen (secondary N) is 1. The summed E-state index contributed by atoms with van der Waals surface area (Å²) in [4.78, 5) is 83.0. The van der Waals surface area contributed by atoms with Crippen LogP contribution in [0.2, 0.25) is 0 Å². The summed E-state index contributed by atoms with van der Waals surface area (Å²) in [5, 5.41) is 48.9. The van der Waals surface area contributed by atoms with Crippen LogP contribution in [0.15, 0.2) is 23.0 Å². The number of rotatable bonds is 9. The molecule has 0 bridgehead atoms. The zero-order valence-electron chi connectivity index (χ0n) is 31.5. The molecular formula is C37H49N5O12. The minimum atomic E-state index is -2.81. The van der Waals surface area contributed by atoms with Crippen molar-refractivity contribution >= 4 is 52.6 Å². The molecule has 2 saturated carbocycles. The molecular weight excluding hydrogens is 706 g/mol. The number of hydrogen-bond donors (Lipinski definition) is 6. The largest absolute Gasteiger partial charge is 0.508 e. The van der Waals surface area contributed by atoms with E-state index in [1.165, 1.54) is 25.1 Å². The Labute approximate surface area is 312 Å². The lowest BCUT2D eigenvalue weighted by atomic mass is 9.57. The number of Topliss-reactive ketones (excluding diaryl/α,β-unsaturated/α-hetero) is 2. The third kappa shape index (κ3) is 6.85. The second-order valence-electron chi connectivity index (χ2n) is 15.8. The van der Waals surface area contributed by atoms with Gasteiger partial charge in [-0.25, -0.2) is 4.79 Å². The quantitative estimate of drug-likeness (QED) is 0.0912. The Kier molecular flexibility index (Phi) is 10.8. The van der Waals surface area contributed by atoms with Crippen molar-refractivity contribution in [1.82, 2.24) is 9.80 Å². The van der Waals surface area contributed by atoms with Gasteiger partial charge in [0.2, 0.25) is 18.5 Å². The van der Waals surface area contributed by atoms with Gasteiger partial charge >= 0.3 is 12.1 Å². The van der Waals surface area contributed by atoms with Crippen LogP contribution in [-0.4, -0.2) is 124 Å². The van der Waals surface area contributed by atoms with Crippen LogP contribution < -0.4 is 16.0 Å². The van der Waals surface area contributed by atoms with Crippen LogP contribution in [0.25, 0.3) is 5.76 Å². The molecule has 0 unspecified atom stereocenters. The smallest absolute Gasteiger partial charge is 0.413 e. The Bertz CT molecular complexity index is 1850. The van der Waals surface area contributed by atoms with E-state index in [2.05, 4.69) is 5.32 Å². The summed E-state index contributed by atoms with van der Waals surface area (Å²) in [6.45, 7) is 3.79. The van der Waals surface area contributed by atoms with E-state index >= 15 is 0 Å². The number of carbonyl (C=O) groups excluding carboxylic acids is 6. The Morgan fingerprint density at radius 1 is 1.02 bits per heavy atom. The molecule has 0 saturated heterocycles. The monoisotopic (exact) mass is 755 g/mol. The molecule has 0 radical (unpaired) electrons. The zero-order valence-corrected chi connectivity index (χ0v) is 31.5. The van der Waals surface area contributed by atoms with Crippen molar-refractivity contribution < 1.29 is 58.7 Å². The van der Waals surface area contributed by atoms with Gasteiger partial charge in [0.1, 0.15) is 29.4 Å². The highest BCUT2D eigenvalue weighted by molar-refractivity contribution is 6.24. The van der Waals surface area contributed by atoms with Crippen LogP contribution in [0.1, 0.15) is 64.0 Å². The number of ether oxygens (including phenoxy) is 2. The van der Waals surface area contributed by atoms with Crippen molar-refractivity contribution in [3.05, 3.63) is 34.1 Å². The van der Waals surface area contributed by atoms with Gasteiger partial charge in [-0.2, -0.15) is 0 Å². The zero-order chi connectivity index (χ0) is 40.2. The Morgan fingerprint density at radius 3 is 2.20 bits per heavy atom. The molecule has 294 valence electrons. The van der Waals surface area contributed by atoms with Gasteiger partial charge in [-0.3, -0.25) is 33.8 Å². The van der Waals surface area contributed by atoms with E-state index in [0.717, 1.165) is 17.7 Å². The van der Waals surface area contributed by atoms with Gasteiger partial charge in [0.05, 0.1) is 23.2 Å². The maximum absolute atomic E-state index is 14.3. The molecule has 7 N–H and O–H groups in total. The number of esters is 1. The summed E-state index contributed by atoms with van der Waals surface area (Å²) in [7, 11) is 6.41. The SMILES string of the molecule is CN(C)c1cc(NC(=O)CN(C(=O)OCOC(=O)C2CCCC2)C(C)(C)C)c(O)c2c1C[C@H]1C[C@H]3[C@H](N(C)C)C(=O)C(C(N)=O)=C(O)[C@@]3(O)C(=O)C1=C2O. The second-order valence-corrected chi connectivity index (χ2v) is 15.8. The molecule has 1 aromatic carbocycles. The summed E-state index contributed by atoms with van der Waals surface area (Å²) < 4.78 is 10.3. The molecule has 17 heteroatoms. The highest BCUT2D eigenvalue weighted by atomic mass is 16.7. The van der Waals surface area contributed by atoms with E-state index in [-0.39, 0.29) is 35.6 Å². The minimum absolute atomic E-state index is 0.0405. The molecule has 17 nitrogen and oxygen atoms in total. The summed E-state index contributed by atoms with van der Waals surface area (Å²) in [6.07, 6.45) is 2.28. The van der Waals surface area contributed by atoms with Crippen LogP contribution in [0.3, 0.4) is 0 Å². The third-order valence-electron chi connectivity index (χ3n) is 10.9. The van der Waals surface area contributed by atoms with Gasteiger partial charge in [-0.15, -0.1) is 0 Å². The van der Waals surface area contributed by atoms with Gasteiger partial charge in [-0.1, -0.05) is 12.8 Å². The Morgan fingerprint density at radius 2 is 1.65 bits per heavy atom. The third-order valence-corrected chi connectivity index (χ3v) is 10.9. The van der Waals surface area contributed by atoms with Crippen molar-refractivity contribution in [2.45, 2.75) is 76.5 Å². The molecule has 0 aliphatic heterocycles. The lowest BCUT2D eigenvalue weighted by Gasteiger charge is -2.50. The number of nitrogens with zero attached hydrogens (tertiary/aromatic N) is 3. The van der Waals surface area contributed by atoms with Crippen LogP contribution in [0.4, 0.5) is 16.2 Å². The van der Waals surface area contributed by atoms with Crippen molar-refractivity contribution in [2.75, 3.05) is 51.7 Å². The number of amides is 3. The number of nitrogens with two attached hydrogens (primary N) is 1. The molecule has 3 amide bonds. The average molecular weight is 756 g/mol. The van der Waals surface area contributed by atoms with Crippen molar-refractivity contribution in [1.29, 1.82) is 0 Å². The van der Waals surface area contributed by atoms with E-state index in [1.807, 2.05) is 0 Å². The van der Waals surface area contributed by atoms with E-state index < -0.39 is 101 Å². The molecule has 4 atom stereocenters. The molecule has 2 fully saturated rings. The van der Waals surface area contributed by atoms with Crippen molar-refractivity contribution in [3.8, 4) is 5.75 Å². The maximum atomic E-state index is 14.3.